The Kier molecular flexibility index (Phi) is 12.3. The van der Waals surface area contributed by atoms with Crippen LogP contribution in [0.3, 0.4) is 0 Å². The molecule has 0 spiro atoms. The number of hydrogen-bond acceptors (Lipinski definition) is 13. The zero-order valence-electron chi connectivity index (χ0n) is 34.7. The van der Waals surface area contributed by atoms with E-state index in [4.69, 9.17) is 38.4 Å². The van der Waals surface area contributed by atoms with Gasteiger partial charge in [-0.25, -0.2) is 4.79 Å². The van der Waals surface area contributed by atoms with Crippen molar-refractivity contribution in [2.75, 3.05) is 23.9 Å². The van der Waals surface area contributed by atoms with Crippen molar-refractivity contribution >= 4 is 62.9 Å². The zero-order valence-corrected chi connectivity index (χ0v) is 38.3. The molecule has 3 fully saturated rings. The second-order valence-corrected chi connectivity index (χ2v) is 33.7. The van der Waals surface area contributed by atoms with Crippen LogP contribution >= 0.6 is 11.8 Å². The predicted octanol–water partition coefficient (Wildman–Crippen LogP) is 7.51. The van der Waals surface area contributed by atoms with Crippen molar-refractivity contribution in [2.45, 2.75) is 155 Å². The molecule has 1 amide bonds. The molecule has 2 aromatic heterocycles. The van der Waals surface area contributed by atoms with Crippen LogP contribution in [0.15, 0.2) is 23.4 Å². The summed E-state index contributed by atoms with van der Waals surface area (Å²) in [5, 5.41) is 9.70. The summed E-state index contributed by atoms with van der Waals surface area (Å²) in [6, 6.07) is 4.79. The molecule has 0 N–H and O–H groups in total. The molecule has 6 rings (SSSR count). The van der Waals surface area contributed by atoms with Crippen LogP contribution in [0.5, 0.6) is 0 Å². The molecule has 0 bridgehead atoms. The molecule has 3 aromatic rings. The third-order valence-corrected chi connectivity index (χ3v) is 16.4. The van der Waals surface area contributed by atoms with E-state index in [9.17, 15) is 9.59 Å². The Labute approximate surface area is 337 Å². The first-order valence-electron chi connectivity index (χ1n) is 19.5. The van der Waals surface area contributed by atoms with Gasteiger partial charge < -0.3 is 23.7 Å². The van der Waals surface area contributed by atoms with Gasteiger partial charge in [-0.15, -0.1) is 0 Å². The van der Waals surface area contributed by atoms with Gasteiger partial charge in [0, 0.05) is 6.42 Å². The quantitative estimate of drug-likeness (QED) is 0.0581. The molecule has 3 heterocycles. The first-order chi connectivity index (χ1) is 26.0. The number of nitrogens with zero attached hydrogens (tertiary/aromatic N) is 6. The van der Waals surface area contributed by atoms with E-state index in [0.717, 1.165) is 21.3 Å². The number of aromatic nitrogens is 5. The van der Waals surface area contributed by atoms with E-state index in [1.54, 1.807) is 36.4 Å². The van der Waals surface area contributed by atoms with Crippen molar-refractivity contribution in [3.63, 3.8) is 0 Å². The molecule has 308 valence electrons. The Morgan fingerprint density at radius 2 is 1.71 bits per heavy atom. The van der Waals surface area contributed by atoms with Gasteiger partial charge in [0.05, 0.1) is 12.7 Å². The standard InChI is InChI=1S/C36H48FN6O8S.3CH3.Sn/c1-10-16-52-31-38-29(42(32(44)50-34(2,3)4)23-18-22(23)20-12-11-13-21(37)17-20)26-30(39-31)43(41-40-26)24-19-25(28-27(24)48-36(8,9)49-28)46-14-15-47-33(45)51-35(5,6)7;;;;/h11-12,17,22-25,27-28H,10,14-16,18-19H2,1-9H3;3*1H3;/t22?,23?,24-,25+,27+,28-;;;;/m1..../s1. The second kappa shape index (κ2) is 16.1. The molecule has 1 aliphatic heterocycles. The van der Waals surface area contributed by atoms with Crippen molar-refractivity contribution < 1.29 is 42.4 Å². The van der Waals surface area contributed by atoms with E-state index in [1.165, 1.54) is 11.8 Å². The third kappa shape index (κ3) is 9.89. The summed E-state index contributed by atoms with van der Waals surface area (Å²) in [6.45, 7) is 16.6. The number of fused-ring (bicyclic) bond motifs is 2. The molecule has 14 nitrogen and oxygen atoms in total. The number of ether oxygens (including phenoxy) is 6. The van der Waals surface area contributed by atoms with Crippen LogP contribution in [-0.2, 0) is 28.4 Å². The number of rotatable bonds is 12. The molecule has 6 atom stereocenters. The molecular formula is C39H57FN6O8SSn. The molecule has 2 saturated carbocycles. The summed E-state index contributed by atoms with van der Waals surface area (Å²) in [5.74, 6) is -0.179. The molecular weight excluding hydrogens is 850 g/mol. The SMILES string of the molecule is CCCSc1nc(N(C(=O)OC(C)(C)C)C2CC2c2cc[c]([Sn]([CH3])([CH3])[CH3])c(F)c2)c2nnn([C@@H]3C[C@H](OCCOC(=O)OC(C)(C)C)[C@H]4OC(C)(C)O[C@H]43)c2n1. The summed E-state index contributed by atoms with van der Waals surface area (Å²) < 4.78 is 53.6. The van der Waals surface area contributed by atoms with Crippen LogP contribution in [0, 0.1) is 5.82 Å². The molecule has 1 aromatic carbocycles. The Hall–Kier alpha value is -2.80. The fraction of sp³-hybridized carbons (Fsp3) is 0.692. The van der Waals surface area contributed by atoms with E-state index in [-0.39, 0.29) is 36.8 Å². The zero-order chi connectivity index (χ0) is 41.0. The summed E-state index contributed by atoms with van der Waals surface area (Å²) in [6.07, 6.45) is -0.784. The second-order valence-electron chi connectivity index (χ2n) is 18.2. The van der Waals surface area contributed by atoms with Crippen molar-refractivity contribution in [3.05, 3.63) is 29.6 Å². The van der Waals surface area contributed by atoms with Gasteiger partial charge in [0.15, 0.2) is 5.79 Å². The normalized spacial score (nSPS) is 24.6. The van der Waals surface area contributed by atoms with Gasteiger partial charge in [0.2, 0.25) is 0 Å². The molecule has 0 radical (unpaired) electrons. The number of thioether (sulfide) groups is 1. The first kappa shape index (κ1) is 42.8. The Morgan fingerprint density at radius 1 is 1.02 bits per heavy atom. The van der Waals surface area contributed by atoms with Gasteiger partial charge >= 0.3 is 213 Å². The van der Waals surface area contributed by atoms with Crippen LogP contribution < -0.4 is 8.48 Å². The van der Waals surface area contributed by atoms with Crippen LogP contribution in [0.4, 0.5) is 19.8 Å². The first-order valence-corrected chi connectivity index (χ1v) is 30.4. The minimum absolute atomic E-state index is 0.00276. The van der Waals surface area contributed by atoms with Crippen LogP contribution in [0.25, 0.3) is 11.2 Å². The number of anilines is 1. The van der Waals surface area contributed by atoms with Gasteiger partial charge in [0.1, 0.15) is 24.4 Å². The van der Waals surface area contributed by atoms with E-state index >= 15 is 4.39 Å². The van der Waals surface area contributed by atoms with Gasteiger partial charge in [-0.2, -0.15) is 0 Å². The van der Waals surface area contributed by atoms with E-state index < -0.39 is 72.0 Å². The average Bonchev–Trinajstić information content (AvgIpc) is 3.45. The summed E-state index contributed by atoms with van der Waals surface area (Å²) in [7, 11) is 0. The Balaban J connectivity index is 1.34. The molecule has 3 aliphatic rings. The topological polar surface area (TPSA) is 149 Å². The van der Waals surface area contributed by atoms with Crippen LogP contribution in [-0.4, -0.2) is 116 Å². The van der Waals surface area contributed by atoms with Gasteiger partial charge in [-0.1, -0.05) is 6.92 Å². The summed E-state index contributed by atoms with van der Waals surface area (Å²) in [4.78, 5) is 44.4. The molecule has 17 heteroatoms. The van der Waals surface area contributed by atoms with Crippen molar-refractivity contribution in [3.8, 4) is 0 Å². The summed E-state index contributed by atoms with van der Waals surface area (Å²) >= 11 is -1.21. The van der Waals surface area contributed by atoms with Crippen molar-refractivity contribution in [2.24, 2.45) is 0 Å². The number of benzene rings is 1. The fourth-order valence-corrected chi connectivity index (χ4v) is 11.9. The summed E-state index contributed by atoms with van der Waals surface area (Å²) in [5.41, 5.74) is 0.117. The average molecular weight is 908 g/mol. The van der Waals surface area contributed by atoms with E-state index in [2.05, 4.69) is 32.1 Å². The van der Waals surface area contributed by atoms with E-state index in [0.29, 0.717) is 29.2 Å². The predicted molar refractivity (Wildman–Crippen MR) is 213 cm³/mol. The van der Waals surface area contributed by atoms with Crippen molar-refractivity contribution in [1.29, 1.82) is 0 Å². The maximum atomic E-state index is 15.5. The monoisotopic (exact) mass is 908 g/mol. The molecule has 2 unspecified atom stereocenters. The van der Waals surface area contributed by atoms with Gasteiger partial charge in [0.25, 0.3) is 0 Å². The Morgan fingerprint density at radius 3 is 2.36 bits per heavy atom. The number of carbonyl (C=O) groups excluding carboxylic acids is 2. The fourth-order valence-electron chi connectivity index (χ4n) is 7.25. The molecule has 1 saturated heterocycles. The van der Waals surface area contributed by atoms with Crippen LogP contribution in [0.1, 0.15) is 99.1 Å². The minimum atomic E-state index is -2.68. The molecule has 2 aliphatic carbocycles. The van der Waals surface area contributed by atoms with E-state index in [1.807, 2.05) is 46.8 Å². The van der Waals surface area contributed by atoms with Gasteiger partial charge in [-0.3, -0.25) is 0 Å². The van der Waals surface area contributed by atoms with Gasteiger partial charge in [-0.05, 0) is 41.0 Å². The number of hydrogen-bond donors (Lipinski definition) is 0. The van der Waals surface area contributed by atoms with Crippen molar-refractivity contribution in [1.82, 2.24) is 25.0 Å². The number of amides is 1. The number of carbonyl (C=O) groups is 2. The van der Waals surface area contributed by atoms with Crippen LogP contribution in [0.2, 0.25) is 14.8 Å². The molecule has 56 heavy (non-hydrogen) atoms. The number of halogens is 1. The maximum absolute atomic E-state index is 15.5. The Bertz CT molecular complexity index is 1930. The third-order valence-electron chi connectivity index (χ3n) is 9.58.